The highest BCUT2D eigenvalue weighted by molar-refractivity contribution is 7.99. The summed E-state index contributed by atoms with van der Waals surface area (Å²) in [5.41, 5.74) is 1.43. The third-order valence-corrected chi connectivity index (χ3v) is 6.72. The zero-order valence-corrected chi connectivity index (χ0v) is 20.8. The Hall–Kier alpha value is -2.52. The summed E-state index contributed by atoms with van der Waals surface area (Å²) in [6.07, 6.45) is 2.76. The molecule has 1 fully saturated rings. The number of nitrogens with zero attached hydrogens (tertiary/aromatic N) is 3. The van der Waals surface area contributed by atoms with Crippen LogP contribution in [0.15, 0.2) is 29.3 Å². The van der Waals surface area contributed by atoms with E-state index in [1.54, 1.807) is 12.1 Å². The van der Waals surface area contributed by atoms with E-state index < -0.39 is 0 Å². The molecule has 1 aromatic carbocycles. The molecule has 2 amide bonds. The summed E-state index contributed by atoms with van der Waals surface area (Å²) >= 11 is 7.42. The number of hydrogen-bond acceptors (Lipinski definition) is 7. The van der Waals surface area contributed by atoms with E-state index in [1.807, 2.05) is 26.0 Å². The van der Waals surface area contributed by atoms with Gasteiger partial charge in [0.15, 0.2) is 5.82 Å². The number of hydrogen-bond donors (Lipinski definition) is 2. The summed E-state index contributed by atoms with van der Waals surface area (Å²) in [7, 11) is 1.53. The lowest BCUT2D eigenvalue weighted by Gasteiger charge is -2.32. The van der Waals surface area contributed by atoms with Crippen LogP contribution in [0.5, 0.6) is 5.75 Å². The van der Waals surface area contributed by atoms with Crippen molar-refractivity contribution in [1.82, 2.24) is 15.5 Å². The summed E-state index contributed by atoms with van der Waals surface area (Å²) in [6.45, 7) is 6.11. The highest BCUT2D eigenvalue weighted by Crippen LogP contribution is 2.31. The third kappa shape index (κ3) is 6.98. The number of methoxy groups -OCH3 is 1. The summed E-state index contributed by atoms with van der Waals surface area (Å²) in [6, 6.07) is 7.22. The number of piperidine rings is 1. The molecule has 33 heavy (non-hydrogen) atoms. The predicted octanol–water partition coefficient (Wildman–Crippen LogP) is 3.92. The Bertz CT molecular complexity index is 973. The van der Waals surface area contributed by atoms with E-state index in [-0.39, 0.29) is 23.5 Å². The number of anilines is 2. The van der Waals surface area contributed by atoms with Gasteiger partial charge in [-0.3, -0.25) is 9.59 Å². The summed E-state index contributed by atoms with van der Waals surface area (Å²) < 4.78 is 5.30. The lowest BCUT2D eigenvalue weighted by molar-refractivity contribution is -0.125. The molecule has 2 heterocycles. The molecule has 2 aromatic rings. The van der Waals surface area contributed by atoms with E-state index in [2.05, 4.69) is 25.7 Å². The minimum atomic E-state index is -0.178. The third-order valence-electron chi connectivity index (χ3n) is 5.40. The van der Waals surface area contributed by atoms with Gasteiger partial charge in [-0.15, -0.1) is 10.2 Å². The number of benzene rings is 1. The molecule has 8 nitrogen and oxygen atoms in total. The molecule has 2 N–H and O–H groups in total. The predicted molar refractivity (Wildman–Crippen MR) is 132 cm³/mol. The normalized spacial score (nSPS) is 15.8. The van der Waals surface area contributed by atoms with Gasteiger partial charge in [0.1, 0.15) is 10.8 Å². The molecule has 1 aliphatic rings. The Balaban J connectivity index is 1.53. The first-order valence-electron chi connectivity index (χ1n) is 11.0. The SMILES string of the molecule is CCCNC(=O)[C@@H]1CCCN(c2ccc(SCC(=O)Nc3cc(C)c(Cl)cc3OC)nn2)C1. The second-order valence-electron chi connectivity index (χ2n) is 7.94. The van der Waals surface area contributed by atoms with Gasteiger partial charge in [-0.2, -0.15) is 0 Å². The van der Waals surface area contributed by atoms with Gasteiger partial charge in [-0.1, -0.05) is 30.3 Å². The molecule has 0 spiro atoms. The standard InChI is InChI=1S/C23H30ClN5O3S/c1-4-9-25-23(31)16-6-5-10-29(13-16)20-7-8-22(28-27-20)33-14-21(30)26-18-11-15(2)17(24)12-19(18)32-3/h7-8,11-12,16H,4-6,9-10,13-14H2,1-3H3,(H,25,31)(H,26,30)/t16-/m1/s1. The number of carbonyl (C=O) groups excluding carboxylic acids is 2. The van der Waals surface area contributed by atoms with E-state index in [1.165, 1.54) is 18.9 Å². The number of carbonyl (C=O) groups is 2. The Kier molecular flexibility index (Phi) is 9.20. The minimum Gasteiger partial charge on any atom is -0.495 e. The van der Waals surface area contributed by atoms with Crippen molar-refractivity contribution in [2.75, 3.05) is 42.7 Å². The second-order valence-corrected chi connectivity index (χ2v) is 9.35. The maximum atomic E-state index is 12.4. The lowest BCUT2D eigenvalue weighted by Crippen LogP contribution is -2.43. The van der Waals surface area contributed by atoms with Crippen molar-refractivity contribution in [2.45, 2.75) is 38.1 Å². The smallest absolute Gasteiger partial charge is 0.234 e. The van der Waals surface area contributed by atoms with Crippen LogP contribution in [0.25, 0.3) is 0 Å². The van der Waals surface area contributed by atoms with Crippen molar-refractivity contribution >= 4 is 46.7 Å². The van der Waals surface area contributed by atoms with Crippen molar-refractivity contribution in [3.63, 3.8) is 0 Å². The molecule has 1 saturated heterocycles. The fraction of sp³-hybridized carbons (Fsp3) is 0.478. The fourth-order valence-electron chi connectivity index (χ4n) is 3.61. The quantitative estimate of drug-likeness (QED) is 0.513. The topological polar surface area (TPSA) is 96.5 Å². The maximum Gasteiger partial charge on any atom is 0.234 e. The number of aromatic nitrogens is 2. The van der Waals surface area contributed by atoms with E-state index >= 15 is 0 Å². The maximum absolute atomic E-state index is 12.4. The fourth-order valence-corrected chi connectivity index (χ4v) is 4.37. The largest absolute Gasteiger partial charge is 0.495 e. The van der Waals surface area contributed by atoms with Crippen molar-refractivity contribution in [3.8, 4) is 5.75 Å². The van der Waals surface area contributed by atoms with Crippen molar-refractivity contribution in [1.29, 1.82) is 0 Å². The Morgan fingerprint density at radius 2 is 2.12 bits per heavy atom. The molecule has 1 aliphatic heterocycles. The molecule has 3 rings (SSSR count). The van der Waals surface area contributed by atoms with Gasteiger partial charge < -0.3 is 20.3 Å². The Morgan fingerprint density at radius 3 is 2.82 bits per heavy atom. The van der Waals surface area contributed by atoms with E-state index in [0.717, 1.165) is 37.2 Å². The van der Waals surface area contributed by atoms with Gasteiger partial charge in [0.2, 0.25) is 11.8 Å². The van der Waals surface area contributed by atoms with E-state index in [9.17, 15) is 9.59 Å². The van der Waals surface area contributed by atoms with Crippen LogP contribution in [0.2, 0.25) is 5.02 Å². The number of halogens is 1. The molecule has 10 heteroatoms. The molecule has 0 aliphatic carbocycles. The van der Waals surface area contributed by atoms with Gasteiger partial charge in [-0.25, -0.2) is 0 Å². The second kappa shape index (κ2) is 12.1. The van der Waals surface area contributed by atoms with Crippen LogP contribution in [0.1, 0.15) is 31.7 Å². The molecule has 0 saturated carbocycles. The van der Waals surface area contributed by atoms with Gasteiger partial charge in [-0.05, 0) is 49.9 Å². The van der Waals surface area contributed by atoms with E-state index in [0.29, 0.717) is 34.6 Å². The molecule has 0 radical (unpaired) electrons. The van der Waals surface area contributed by atoms with Crippen molar-refractivity contribution in [2.24, 2.45) is 5.92 Å². The molecule has 0 bridgehead atoms. The monoisotopic (exact) mass is 491 g/mol. The summed E-state index contributed by atoms with van der Waals surface area (Å²) in [4.78, 5) is 26.8. The van der Waals surface area contributed by atoms with Crippen LogP contribution >= 0.6 is 23.4 Å². The summed E-state index contributed by atoms with van der Waals surface area (Å²) in [5.74, 6) is 1.35. The van der Waals surface area contributed by atoms with Crippen LogP contribution in [0.3, 0.4) is 0 Å². The van der Waals surface area contributed by atoms with Gasteiger partial charge in [0, 0.05) is 30.7 Å². The highest BCUT2D eigenvalue weighted by atomic mass is 35.5. The number of aryl methyl sites for hydroxylation is 1. The molecule has 1 atom stereocenters. The average Bonchev–Trinajstić information content (AvgIpc) is 2.83. The Morgan fingerprint density at radius 1 is 1.30 bits per heavy atom. The van der Waals surface area contributed by atoms with Crippen LogP contribution in [-0.4, -0.2) is 54.5 Å². The van der Waals surface area contributed by atoms with Crippen molar-refractivity contribution in [3.05, 3.63) is 34.9 Å². The molecular formula is C23H30ClN5O3S. The zero-order chi connectivity index (χ0) is 23.8. The first-order valence-corrected chi connectivity index (χ1v) is 12.4. The molecular weight excluding hydrogens is 462 g/mol. The molecule has 178 valence electrons. The molecule has 0 unspecified atom stereocenters. The first-order chi connectivity index (χ1) is 15.9. The van der Waals surface area contributed by atoms with Crippen LogP contribution in [0, 0.1) is 12.8 Å². The van der Waals surface area contributed by atoms with Gasteiger partial charge >= 0.3 is 0 Å². The van der Waals surface area contributed by atoms with Crippen LogP contribution < -0.4 is 20.3 Å². The lowest BCUT2D eigenvalue weighted by atomic mass is 9.97. The van der Waals surface area contributed by atoms with Crippen LogP contribution in [-0.2, 0) is 9.59 Å². The number of ether oxygens (including phenoxy) is 1. The number of nitrogens with one attached hydrogen (secondary N) is 2. The minimum absolute atomic E-state index is 0.0293. The molecule has 1 aromatic heterocycles. The Labute approximate surface area is 203 Å². The van der Waals surface area contributed by atoms with Crippen molar-refractivity contribution < 1.29 is 14.3 Å². The number of thioether (sulfide) groups is 1. The highest BCUT2D eigenvalue weighted by Gasteiger charge is 2.26. The van der Waals surface area contributed by atoms with Gasteiger partial charge in [0.25, 0.3) is 0 Å². The van der Waals surface area contributed by atoms with E-state index in [4.69, 9.17) is 16.3 Å². The first kappa shape index (κ1) is 25.1. The zero-order valence-electron chi connectivity index (χ0n) is 19.2. The number of amides is 2. The van der Waals surface area contributed by atoms with Gasteiger partial charge in [0.05, 0.1) is 24.5 Å². The van der Waals surface area contributed by atoms with Crippen LogP contribution in [0.4, 0.5) is 11.5 Å². The average molecular weight is 492 g/mol. The summed E-state index contributed by atoms with van der Waals surface area (Å²) in [5, 5.41) is 15.7. The number of rotatable bonds is 9.